The standard InChI is InChI=1S/C25H32N2O5/c1-30-20-6-8-21(9-7-20)32-18-19-4-2-14-27(17-19)24(29)11-13-25(12-10-23(28)26-25)16-22-5-3-15-31-22/h3,5-9,15,19H,2,4,10-14,16-18H2,1H3,(H,26,28)/t19-,25-/m1/s1. The van der Waals surface area contributed by atoms with Gasteiger partial charge in [0.2, 0.25) is 11.8 Å². The smallest absolute Gasteiger partial charge is 0.222 e. The minimum Gasteiger partial charge on any atom is -0.497 e. The molecule has 7 heteroatoms. The lowest BCUT2D eigenvalue weighted by atomic mass is 9.86. The Morgan fingerprint density at radius 3 is 2.75 bits per heavy atom. The third-order valence-electron chi connectivity index (χ3n) is 6.56. The van der Waals surface area contributed by atoms with Crippen LogP contribution in [0.15, 0.2) is 47.1 Å². The van der Waals surface area contributed by atoms with Gasteiger partial charge in [0.15, 0.2) is 0 Å². The van der Waals surface area contributed by atoms with E-state index < -0.39 is 5.54 Å². The highest BCUT2D eigenvalue weighted by atomic mass is 16.5. The van der Waals surface area contributed by atoms with E-state index >= 15 is 0 Å². The minimum atomic E-state index is -0.392. The Balaban J connectivity index is 1.28. The van der Waals surface area contributed by atoms with Crippen LogP contribution in [0.25, 0.3) is 0 Å². The fourth-order valence-electron chi connectivity index (χ4n) is 4.75. The molecule has 1 aromatic heterocycles. The first-order chi connectivity index (χ1) is 15.5. The summed E-state index contributed by atoms with van der Waals surface area (Å²) < 4.78 is 16.6. The van der Waals surface area contributed by atoms with E-state index in [1.165, 1.54) is 0 Å². The van der Waals surface area contributed by atoms with E-state index in [2.05, 4.69) is 5.32 Å². The molecule has 1 N–H and O–H groups in total. The lowest BCUT2D eigenvalue weighted by Crippen LogP contribution is -2.46. The second-order valence-corrected chi connectivity index (χ2v) is 8.92. The van der Waals surface area contributed by atoms with E-state index in [0.29, 0.717) is 44.8 Å². The Labute approximate surface area is 189 Å². The van der Waals surface area contributed by atoms with Crippen LogP contribution in [0, 0.1) is 5.92 Å². The monoisotopic (exact) mass is 440 g/mol. The maximum atomic E-state index is 13.0. The molecule has 2 aromatic rings. The summed E-state index contributed by atoms with van der Waals surface area (Å²) in [5, 5.41) is 3.12. The molecule has 1 aromatic carbocycles. The number of benzene rings is 1. The number of hydrogen-bond donors (Lipinski definition) is 1. The largest absolute Gasteiger partial charge is 0.497 e. The minimum absolute atomic E-state index is 0.0534. The summed E-state index contributed by atoms with van der Waals surface area (Å²) in [6.45, 7) is 2.09. The number of ether oxygens (including phenoxy) is 2. The topological polar surface area (TPSA) is 81.0 Å². The molecule has 32 heavy (non-hydrogen) atoms. The van der Waals surface area contributed by atoms with Gasteiger partial charge in [0, 0.05) is 43.8 Å². The van der Waals surface area contributed by atoms with Crippen molar-refractivity contribution < 1.29 is 23.5 Å². The van der Waals surface area contributed by atoms with Crippen molar-refractivity contribution >= 4 is 11.8 Å². The SMILES string of the molecule is COc1ccc(OC[C@@H]2CCCN(C(=O)CC[C@@]3(Cc4ccco4)CCC(=O)N3)C2)cc1. The van der Waals surface area contributed by atoms with Crippen molar-refractivity contribution in [1.29, 1.82) is 0 Å². The molecule has 172 valence electrons. The number of carbonyl (C=O) groups excluding carboxylic acids is 2. The van der Waals surface area contributed by atoms with E-state index in [4.69, 9.17) is 13.9 Å². The van der Waals surface area contributed by atoms with Crippen molar-refractivity contribution in [3.8, 4) is 11.5 Å². The summed E-state index contributed by atoms with van der Waals surface area (Å²) in [4.78, 5) is 26.9. The highest BCUT2D eigenvalue weighted by Gasteiger charge is 2.39. The number of methoxy groups -OCH3 is 1. The van der Waals surface area contributed by atoms with Crippen LogP contribution in [0.3, 0.4) is 0 Å². The van der Waals surface area contributed by atoms with Crippen LogP contribution in [0.1, 0.15) is 44.3 Å². The van der Waals surface area contributed by atoms with Gasteiger partial charge in [-0.25, -0.2) is 0 Å². The molecule has 4 rings (SSSR count). The van der Waals surface area contributed by atoms with E-state index in [0.717, 1.165) is 43.1 Å². The van der Waals surface area contributed by atoms with Crippen molar-refractivity contribution in [3.05, 3.63) is 48.4 Å². The summed E-state index contributed by atoms with van der Waals surface area (Å²) in [6, 6.07) is 11.3. The highest BCUT2D eigenvalue weighted by Crippen LogP contribution is 2.30. The van der Waals surface area contributed by atoms with Gasteiger partial charge in [0.05, 0.1) is 20.0 Å². The van der Waals surface area contributed by atoms with Crippen LogP contribution in [-0.2, 0) is 16.0 Å². The van der Waals surface area contributed by atoms with Crippen molar-refractivity contribution in [2.24, 2.45) is 5.92 Å². The second-order valence-electron chi connectivity index (χ2n) is 8.92. The van der Waals surface area contributed by atoms with Crippen LogP contribution >= 0.6 is 0 Å². The number of hydrogen-bond acceptors (Lipinski definition) is 5. The lowest BCUT2D eigenvalue weighted by molar-refractivity contribution is -0.134. The van der Waals surface area contributed by atoms with Gasteiger partial charge >= 0.3 is 0 Å². The van der Waals surface area contributed by atoms with Gasteiger partial charge < -0.3 is 24.1 Å². The number of likely N-dealkylation sites (tertiary alicyclic amines) is 1. The molecule has 0 spiro atoms. The summed E-state index contributed by atoms with van der Waals surface area (Å²) in [7, 11) is 1.64. The van der Waals surface area contributed by atoms with Crippen molar-refractivity contribution in [2.75, 3.05) is 26.8 Å². The Kier molecular flexibility index (Phi) is 7.02. The molecular weight excluding hydrogens is 408 g/mol. The maximum Gasteiger partial charge on any atom is 0.222 e. The fourth-order valence-corrected chi connectivity index (χ4v) is 4.75. The van der Waals surface area contributed by atoms with Crippen molar-refractivity contribution in [2.45, 2.75) is 50.5 Å². The molecule has 3 heterocycles. The zero-order chi connectivity index (χ0) is 22.4. The predicted octanol–water partition coefficient (Wildman–Crippen LogP) is 3.58. The van der Waals surface area contributed by atoms with Crippen molar-refractivity contribution in [3.63, 3.8) is 0 Å². The Bertz CT molecular complexity index is 896. The van der Waals surface area contributed by atoms with E-state index in [1.807, 2.05) is 41.3 Å². The van der Waals surface area contributed by atoms with Gasteiger partial charge in [-0.05, 0) is 62.1 Å². The molecule has 7 nitrogen and oxygen atoms in total. The van der Waals surface area contributed by atoms with Gasteiger partial charge in [-0.15, -0.1) is 0 Å². The molecule has 2 amide bonds. The normalized spacial score (nSPS) is 23.1. The molecular formula is C25H32N2O5. The van der Waals surface area contributed by atoms with E-state index in [1.54, 1.807) is 13.4 Å². The van der Waals surface area contributed by atoms with Gasteiger partial charge in [0.25, 0.3) is 0 Å². The molecule has 0 radical (unpaired) electrons. The van der Waals surface area contributed by atoms with Gasteiger partial charge in [-0.1, -0.05) is 0 Å². The quantitative estimate of drug-likeness (QED) is 0.645. The van der Waals surface area contributed by atoms with Gasteiger partial charge in [-0.2, -0.15) is 0 Å². The van der Waals surface area contributed by atoms with Crippen LogP contribution in [0.2, 0.25) is 0 Å². The van der Waals surface area contributed by atoms with Crippen molar-refractivity contribution in [1.82, 2.24) is 10.2 Å². The third-order valence-corrected chi connectivity index (χ3v) is 6.56. The Morgan fingerprint density at radius 1 is 1.25 bits per heavy atom. The Hall–Kier alpha value is -2.96. The van der Waals surface area contributed by atoms with Gasteiger partial charge in [-0.3, -0.25) is 9.59 Å². The van der Waals surface area contributed by atoms with E-state index in [9.17, 15) is 9.59 Å². The summed E-state index contributed by atoms with van der Waals surface area (Å²) in [5.41, 5.74) is -0.392. The first-order valence-electron chi connectivity index (χ1n) is 11.4. The first-order valence-corrected chi connectivity index (χ1v) is 11.4. The molecule has 2 fully saturated rings. The summed E-state index contributed by atoms with van der Waals surface area (Å²) in [5.74, 6) is 2.98. The zero-order valence-electron chi connectivity index (χ0n) is 18.7. The molecule has 0 bridgehead atoms. The Morgan fingerprint density at radius 2 is 2.06 bits per heavy atom. The number of piperidine rings is 1. The number of nitrogens with one attached hydrogen (secondary N) is 1. The molecule has 0 aliphatic carbocycles. The van der Waals surface area contributed by atoms with Gasteiger partial charge in [0.1, 0.15) is 17.3 Å². The van der Waals surface area contributed by atoms with Crippen LogP contribution < -0.4 is 14.8 Å². The fraction of sp³-hybridized carbons (Fsp3) is 0.520. The summed E-state index contributed by atoms with van der Waals surface area (Å²) >= 11 is 0. The molecule has 2 aliphatic heterocycles. The molecule has 2 saturated heterocycles. The zero-order valence-corrected chi connectivity index (χ0v) is 18.7. The van der Waals surface area contributed by atoms with Crippen LogP contribution in [0.4, 0.5) is 0 Å². The van der Waals surface area contributed by atoms with Crippen LogP contribution in [0.5, 0.6) is 11.5 Å². The third kappa shape index (κ3) is 5.64. The summed E-state index contributed by atoms with van der Waals surface area (Å²) in [6.07, 6.45) is 6.59. The van der Waals surface area contributed by atoms with E-state index in [-0.39, 0.29) is 11.8 Å². The number of rotatable bonds is 9. The lowest BCUT2D eigenvalue weighted by Gasteiger charge is -2.34. The molecule has 0 saturated carbocycles. The number of amides is 2. The highest BCUT2D eigenvalue weighted by molar-refractivity contribution is 5.80. The molecule has 0 unspecified atom stereocenters. The predicted molar refractivity (Wildman–Crippen MR) is 120 cm³/mol. The number of furan rings is 1. The maximum absolute atomic E-state index is 13.0. The molecule has 2 aliphatic rings. The number of carbonyl (C=O) groups is 2. The average molecular weight is 441 g/mol. The average Bonchev–Trinajstić information content (AvgIpc) is 3.46. The first kappa shape index (κ1) is 22.2. The second kappa shape index (κ2) is 10.1. The van der Waals surface area contributed by atoms with Crippen LogP contribution in [-0.4, -0.2) is 49.1 Å². The number of nitrogens with zero attached hydrogens (tertiary/aromatic N) is 1. The molecule has 2 atom stereocenters.